The molecule has 1 aromatic rings. The second-order valence-corrected chi connectivity index (χ2v) is 7.74. The van der Waals surface area contributed by atoms with Gasteiger partial charge in [-0.1, -0.05) is 6.07 Å². The lowest BCUT2D eigenvalue weighted by molar-refractivity contribution is -0.192. The number of carboxylic acid groups (broad SMARTS) is 1. The van der Waals surface area contributed by atoms with Gasteiger partial charge in [-0.2, -0.15) is 13.2 Å². The van der Waals surface area contributed by atoms with Crippen LogP contribution in [0.4, 0.5) is 18.0 Å². The number of rotatable bonds is 3. The van der Waals surface area contributed by atoms with Crippen molar-refractivity contribution in [2.24, 2.45) is 5.41 Å². The fourth-order valence-electron chi connectivity index (χ4n) is 3.60. The van der Waals surface area contributed by atoms with E-state index in [2.05, 4.69) is 15.6 Å². The summed E-state index contributed by atoms with van der Waals surface area (Å²) in [5.41, 5.74) is 0.684. The van der Waals surface area contributed by atoms with E-state index in [0.29, 0.717) is 18.8 Å². The summed E-state index contributed by atoms with van der Waals surface area (Å²) in [6.07, 6.45) is 0.593. The number of alkyl halides is 3. The Labute approximate surface area is 183 Å². The SMILES string of the molecule is CNC(=O)NCC1CCC2(CCN(C(=O)c3ccccn3)CC2)CO1.O=C(O)C(F)(F)F. The zero-order chi connectivity index (χ0) is 23.8. The monoisotopic (exact) mass is 460 g/mol. The topological polar surface area (TPSA) is 121 Å². The predicted molar refractivity (Wildman–Crippen MR) is 107 cm³/mol. The van der Waals surface area contributed by atoms with Crippen LogP contribution in [0.1, 0.15) is 36.2 Å². The van der Waals surface area contributed by atoms with Crippen LogP contribution in [0.2, 0.25) is 0 Å². The van der Waals surface area contributed by atoms with Gasteiger partial charge >= 0.3 is 18.2 Å². The number of nitrogens with one attached hydrogen (secondary N) is 2. The van der Waals surface area contributed by atoms with Gasteiger partial charge in [0.2, 0.25) is 0 Å². The summed E-state index contributed by atoms with van der Waals surface area (Å²) in [5, 5.41) is 12.5. The van der Waals surface area contributed by atoms with Crippen molar-refractivity contribution >= 4 is 17.9 Å². The number of nitrogens with zero attached hydrogens (tertiary/aromatic N) is 2. The van der Waals surface area contributed by atoms with Gasteiger partial charge < -0.3 is 25.4 Å². The minimum absolute atomic E-state index is 0.0137. The highest BCUT2D eigenvalue weighted by Gasteiger charge is 2.40. The van der Waals surface area contributed by atoms with Crippen LogP contribution < -0.4 is 10.6 Å². The fourth-order valence-corrected chi connectivity index (χ4v) is 3.60. The average molecular weight is 460 g/mol. The third-order valence-electron chi connectivity index (χ3n) is 5.58. The van der Waals surface area contributed by atoms with Crippen molar-refractivity contribution in [3.05, 3.63) is 30.1 Å². The van der Waals surface area contributed by atoms with Gasteiger partial charge in [0.15, 0.2) is 0 Å². The van der Waals surface area contributed by atoms with E-state index in [9.17, 15) is 22.8 Å². The maximum atomic E-state index is 12.5. The van der Waals surface area contributed by atoms with E-state index >= 15 is 0 Å². The van der Waals surface area contributed by atoms with E-state index in [0.717, 1.165) is 38.8 Å². The first kappa shape index (κ1) is 25.4. The Bertz CT molecular complexity index is 773. The van der Waals surface area contributed by atoms with Crippen LogP contribution in [-0.4, -0.2) is 78.5 Å². The number of halogens is 3. The quantitative estimate of drug-likeness (QED) is 0.635. The number of piperidine rings is 1. The Kier molecular flexibility index (Phi) is 8.81. The third kappa shape index (κ3) is 7.36. The van der Waals surface area contributed by atoms with Crippen molar-refractivity contribution in [1.29, 1.82) is 0 Å². The van der Waals surface area contributed by atoms with Gasteiger partial charge in [-0.3, -0.25) is 9.78 Å². The predicted octanol–water partition coefficient (Wildman–Crippen LogP) is 2.05. The van der Waals surface area contributed by atoms with Crippen molar-refractivity contribution in [3.63, 3.8) is 0 Å². The molecule has 3 heterocycles. The number of carbonyl (C=O) groups excluding carboxylic acids is 2. The van der Waals surface area contributed by atoms with E-state index in [1.807, 2.05) is 17.0 Å². The molecule has 1 aromatic heterocycles. The number of carboxylic acids is 1. The number of urea groups is 1. The molecule has 0 radical (unpaired) electrons. The Morgan fingerprint density at radius 1 is 1.25 bits per heavy atom. The summed E-state index contributed by atoms with van der Waals surface area (Å²) in [6.45, 7) is 2.75. The Morgan fingerprint density at radius 2 is 1.91 bits per heavy atom. The van der Waals surface area contributed by atoms with E-state index in [-0.39, 0.29) is 23.5 Å². The summed E-state index contributed by atoms with van der Waals surface area (Å²) in [5.74, 6) is -2.74. The lowest BCUT2D eigenvalue weighted by atomic mass is 9.73. The van der Waals surface area contributed by atoms with Crippen LogP contribution in [0.15, 0.2) is 24.4 Å². The number of hydrogen-bond acceptors (Lipinski definition) is 5. The minimum Gasteiger partial charge on any atom is -0.475 e. The van der Waals surface area contributed by atoms with Crippen LogP contribution in [0.5, 0.6) is 0 Å². The zero-order valence-corrected chi connectivity index (χ0v) is 17.7. The first-order valence-corrected chi connectivity index (χ1v) is 10.1. The van der Waals surface area contributed by atoms with Crippen molar-refractivity contribution in [2.75, 3.05) is 33.3 Å². The van der Waals surface area contributed by atoms with Crippen molar-refractivity contribution in [2.45, 2.75) is 38.0 Å². The normalized spacial score (nSPS) is 20.0. The van der Waals surface area contributed by atoms with E-state index in [1.54, 1.807) is 19.3 Å². The molecule has 0 saturated carbocycles. The minimum atomic E-state index is -5.08. The number of amides is 3. The lowest BCUT2D eigenvalue weighted by Crippen LogP contribution is -2.49. The Balaban J connectivity index is 0.000000451. The Morgan fingerprint density at radius 3 is 2.38 bits per heavy atom. The molecule has 1 spiro atoms. The zero-order valence-electron chi connectivity index (χ0n) is 17.7. The molecule has 3 amide bonds. The van der Waals surface area contributed by atoms with Crippen LogP contribution in [0.3, 0.4) is 0 Å². The third-order valence-corrected chi connectivity index (χ3v) is 5.58. The maximum absolute atomic E-state index is 12.5. The fraction of sp³-hybridized carbons (Fsp3) is 0.600. The van der Waals surface area contributed by atoms with E-state index in [1.165, 1.54) is 0 Å². The van der Waals surface area contributed by atoms with Gasteiger partial charge in [0.25, 0.3) is 5.91 Å². The molecule has 0 bridgehead atoms. The van der Waals surface area contributed by atoms with Gasteiger partial charge in [-0.25, -0.2) is 9.59 Å². The molecule has 3 N–H and O–H groups in total. The standard InChI is InChI=1S/C18H26N4O3.C2HF3O2/c1-19-17(24)21-12-14-5-6-18(13-25-14)7-10-22(11-8-18)16(23)15-4-2-3-9-20-15;3-2(4,5)1(6)7/h2-4,9,14H,5-8,10-13H2,1H3,(H2,19,21,24);(H,6,7). The molecule has 2 fully saturated rings. The Hall–Kier alpha value is -2.89. The maximum Gasteiger partial charge on any atom is 0.490 e. The van der Waals surface area contributed by atoms with Crippen LogP contribution in [0, 0.1) is 5.41 Å². The number of pyridine rings is 1. The first-order valence-electron chi connectivity index (χ1n) is 10.1. The molecule has 32 heavy (non-hydrogen) atoms. The van der Waals surface area contributed by atoms with E-state index < -0.39 is 12.1 Å². The van der Waals surface area contributed by atoms with Crippen LogP contribution in [-0.2, 0) is 9.53 Å². The van der Waals surface area contributed by atoms with Gasteiger partial charge in [0, 0.05) is 32.9 Å². The molecule has 2 aliphatic rings. The molecule has 9 nitrogen and oxygen atoms in total. The van der Waals surface area contributed by atoms with Crippen molar-refractivity contribution in [3.8, 4) is 0 Å². The molecule has 0 aliphatic carbocycles. The molecular formula is C20H27F3N4O5. The van der Waals surface area contributed by atoms with Crippen LogP contribution >= 0.6 is 0 Å². The summed E-state index contributed by atoms with van der Waals surface area (Å²) >= 11 is 0. The van der Waals surface area contributed by atoms with Crippen molar-refractivity contribution < 1.29 is 37.4 Å². The number of aromatic nitrogens is 1. The second-order valence-electron chi connectivity index (χ2n) is 7.74. The molecule has 0 aromatic carbocycles. The number of likely N-dealkylation sites (tertiary alicyclic amines) is 1. The molecule has 178 valence electrons. The van der Waals surface area contributed by atoms with Gasteiger partial charge in [0.1, 0.15) is 5.69 Å². The summed E-state index contributed by atoms with van der Waals surface area (Å²) in [7, 11) is 1.60. The first-order chi connectivity index (χ1) is 15.1. The summed E-state index contributed by atoms with van der Waals surface area (Å²) in [6, 6.07) is 5.25. The summed E-state index contributed by atoms with van der Waals surface area (Å²) < 4.78 is 37.7. The van der Waals surface area contributed by atoms with E-state index in [4.69, 9.17) is 14.6 Å². The average Bonchev–Trinajstić information content (AvgIpc) is 2.79. The number of ether oxygens (including phenoxy) is 1. The number of hydrogen-bond donors (Lipinski definition) is 3. The smallest absolute Gasteiger partial charge is 0.475 e. The van der Waals surface area contributed by atoms with Gasteiger partial charge in [-0.15, -0.1) is 0 Å². The molecular weight excluding hydrogens is 433 g/mol. The van der Waals surface area contributed by atoms with Gasteiger partial charge in [-0.05, 0) is 43.2 Å². The van der Waals surface area contributed by atoms with Crippen molar-refractivity contribution in [1.82, 2.24) is 20.5 Å². The van der Waals surface area contributed by atoms with Crippen LogP contribution in [0.25, 0.3) is 0 Å². The summed E-state index contributed by atoms with van der Waals surface area (Å²) in [4.78, 5) is 38.7. The molecule has 2 saturated heterocycles. The second kappa shape index (κ2) is 11.1. The number of carbonyl (C=O) groups is 3. The highest BCUT2D eigenvalue weighted by molar-refractivity contribution is 5.92. The highest BCUT2D eigenvalue weighted by Crippen LogP contribution is 2.40. The molecule has 1 atom stereocenters. The molecule has 12 heteroatoms. The lowest BCUT2D eigenvalue weighted by Gasteiger charge is -2.45. The van der Waals surface area contributed by atoms with Gasteiger partial charge in [0.05, 0.1) is 12.7 Å². The largest absolute Gasteiger partial charge is 0.490 e. The molecule has 3 rings (SSSR count). The number of aliphatic carboxylic acids is 1. The molecule has 1 unspecified atom stereocenters. The molecule has 2 aliphatic heterocycles. The highest BCUT2D eigenvalue weighted by atomic mass is 19.4.